The van der Waals surface area contributed by atoms with E-state index in [1.165, 1.54) is 24.3 Å². The van der Waals surface area contributed by atoms with Crippen LogP contribution in [0, 0.1) is 10.1 Å². The first kappa shape index (κ1) is 15.7. The number of nitrogens with two attached hydrogens (primary N) is 1. The van der Waals surface area contributed by atoms with Crippen LogP contribution in [0.3, 0.4) is 0 Å². The van der Waals surface area contributed by atoms with E-state index in [-0.39, 0.29) is 11.4 Å². The average Bonchev–Trinajstić information content (AvgIpc) is 2.98. The van der Waals surface area contributed by atoms with Crippen molar-refractivity contribution in [3.63, 3.8) is 0 Å². The summed E-state index contributed by atoms with van der Waals surface area (Å²) in [4.78, 5) is 25.3. The van der Waals surface area contributed by atoms with Crippen molar-refractivity contribution >= 4 is 22.6 Å². The van der Waals surface area contributed by atoms with Crippen LogP contribution in [-0.2, 0) is 11.2 Å². The fourth-order valence-corrected chi connectivity index (χ4v) is 2.45. The number of nitro groups is 1. The number of para-hydroxylation sites is 1. The molecule has 0 spiro atoms. The van der Waals surface area contributed by atoms with Crippen LogP contribution < -0.4 is 10.5 Å². The van der Waals surface area contributed by atoms with Gasteiger partial charge in [-0.15, -0.1) is 0 Å². The molecule has 0 aliphatic heterocycles. The molecular weight excluding hydrogens is 310 g/mol. The molecule has 0 radical (unpaired) electrons. The summed E-state index contributed by atoms with van der Waals surface area (Å²) in [5.74, 6) is -0.367. The van der Waals surface area contributed by atoms with Gasteiger partial charge in [-0.3, -0.25) is 10.1 Å². The molecule has 3 N–H and O–H groups in total. The van der Waals surface area contributed by atoms with Crippen LogP contribution in [0.4, 0.5) is 5.69 Å². The number of fused-ring (bicyclic) bond motifs is 1. The van der Waals surface area contributed by atoms with Crippen LogP contribution in [0.2, 0.25) is 0 Å². The van der Waals surface area contributed by atoms with Gasteiger partial charge < -0.3 is 15.5 Å². The molecule has 0 aliphatic carbocycles. The third-order valence-corrected chi connectivity index (χ3v) is 3.68. The molecule has 0 bridgehead atoms. The average molecular weight is 325 g/mol. The highest BCUT2D eigenvalue weighted by Gasteiger charge is 2.18. The number of esters is 1. The Morgan fingerprint density at radius 1 is 1.21 bits per heavy atom. The number of hydrogen-bond acceptors (Lipinski definition) is 5. The second-order valence-corrected chi connectivity index (χ2v) is 5.34. The topological polar surface area (TPSA) is 111 Å². The predicted molar refractivity (Wildman–Crippen MR) is 88.7 cm³/mol. The largest absolute Gasteiger partial charge is 0.425 e. The zero-order valence-corrected chi connectivity index (χ0v) is 12.6. The van der Waals surface area contributed by atoms with Gasteiger partial charge in [0, 0.05) is 35.7 Å². The van der Waals surface area contributed by atoms with E-state index < -0.39 is 16.9 Å². The molecule has 1 heterocycles. The number of nitrogens with zero attached hydrogens (tertiary/aromatic N) is 1. The van der Waals surface area contributed by atoms with Crippen molar-refractivity contribution in [1.82, 2.24) is 4.98 Å². The third kappa shape index (κ3) is 3.26. The second-order valence-electron chi connectivity index (χ2n) is 5.34. The molecule has 2 aromatic carbocycles. The highest BCUT2D eigenvalue weighted by molar-refractivity contribution is 5.85. The van der Waals surface area contributed by atoms with Gasteiger partial charge in [-0.05, 0) is 23.8 Å². The maximum Gasteiger partial charge on any atom is 0.328 e. The number of nitrogens with one attached hydrogen (secondary N) is 1. The van der Waals surface area contributed by atoms with Gasteiger partial charge in [0.15, 0.2) is 0 Å². The van der Waals surface area contributed by atoms with Gasteiger partial charge in [0.2, 0.25) is 0 Å². The Hall–Kier alpha value is -3.19. The Labute approximate surface area is 137 Å². The number of rotatable bonds is 5. The maximum atomic E-state index is 12.1. The number of benzene rings is 2. The molecule has 0 fully saturated rings. The van der Waals surface area contributed by atoms with Crippen molar-refractivity contribution in [3.05, 3.63) is 70.4 Å². The molecule has 122 valence electrons. The number of non-ortho nitro benzene ring substituents is 1. The molecule has 3 rings (SSSR count). The van der Waals surface area contributed by atoms with Crippen LogP contribution in [0.1, 0.15) is 5.56 Å². The van der Waals surface area contributed by atoms with Gasteiger partial charge in [-0.1, -0.05) is 18.2 Å². The second kappa shape index (κ2) is 6.51. The molecule has 1 atom stereocenters. The fraction of sp³-hybridized carbons (Fsp3) is 0.118. The van der Waals surface area contributed by atoms with Crippen molar-refractivity contribution in [2.24, 2.45) is 5.73 Å². The van der Waals surface area contributed by atoms with Crippen molar-refractivity contribution in [3.8, 4) is 5.75 Å². The minimum Gasteiger partial charge on any atom is -0.425 e. The van der Waals surface area contributed by atoms with Crippen molar-refractivity contribution < 1.29 is 14.5 Å². The molecule has 0 saturated heterocycles. The molecule has 0 amide bonds. The van der Waals surface area contributed by atoms with E-state index in [2.05, 4.69) is 4.98 Å². The van der Waals surface area contributed by atoms with Gasteiger partial charge in [0.1, 0.15) is 11.8 Å². The van der Waals surface area contributed by atoms with E-state index in [1.54, 1.807) is 0 Å². The van der Waals surface area contributed by atoms with Gasteiger partial charge in [0.25, 0.3) is 5.69 Å². The number of nitro benzene ring substituents is 1. The molecule has 0 saturated carbocycles. The zero-order valence-electron chi connectivity index (χ0n) is 12.6. The smallest absolute Gasteiger partial charge is 0.328 e. The number of carbonyl (C=O) groups is 1. The number of ether oxygens (including phenoxy) is 1. The first-order chi connectivity index (χ1) is 11.5. The highest BCUT2D eigenvalue weighted by atomic mass is 16.6. The highest BCUT2D eigenvalue weighted by Crippen LogP contribution is 2.20. The summed E-state index contributed by atoms with van der Waals surface area (Å²) in [6.45, 7) is 0. The Kier molecular flexibility index (Phi) is 4.26. The van der Waals surface area contributed by atoms with Gasteiger partial charge in [0.05, 0.1) is 4.92 Å². The summed E-state index contributed by atoms with van der Waals surface area (Å²) in [7, 11) is 0. The zero-order chi connectivity index (χ0) is 17.1. The molecule has 1 aromatic heterocycles. The lowest BCUT2D eigenvalue weighted by atomic mass is 10.1. The van der Waals surface area contributed by atoms with Crippen LogP contribution in [-0.4, -0.2) is 21.9 Å². The molecule has 3 aromatic rings. The van der Waals surface area contributed by atoms with E-state index in [4.69, 9.17) is 10.5 Å². The summed E-state index contributed by atoms with van der Waals surface area (Å²) in [6, 6.07) is 12.2. The quantitative estimate of drug-likeness (QED) is 0.324. The van der Waals surface area contributed by atoms with Crippen molar-refractivity contribution in [1.29, 1.82) is 0 Å². The van der Waals surface area contributed by atoms with Crippen LogP contribution in [0.25, 0.3) is 10.9 Å². The number of carbonyl (C=O) groups excluding carboxylic acids is 1. The monoisotopic (exact) mass is 325 g/mol. The number of aromatic nitrogens is 1. The first-order valence-electron chi connectivity index (χ1n) is 7.31. The summed E-state index contributed by atoms with van der Waals surface area (Å²) in [5, 5.41) is 11.6. The minimum atomic E-state index is -0.834. The lowest BCUT2D eigenvalue weighted by Crippen LogP contribution is -2.36. The Morgan fingerprint density at radius 2 is 1.92 bits per heavy atom. The predicted octanol–water partition coefficient (Wildman–Crippen LogP) is 2.55. The lowest BCUT2D eigenvalue weighted by molar-refractivity contribution is -0.384. The molecular formula is C17H15N3O4. The van der Waals surface area contributed by atoms with Crippen LogP contribution in [0.5, 0.6) is 5.75 Å². The van der Waals surface area contributed by atoms with E-state index in [1.807, 2.05) is 30.5 Å². The van der Waals surface area contributed by atoms with Crippen molar-refractivity contribution in [2.75, 3.05) is 0 Å². The van der Waals surface area contributed by atoms with Gasteiger partial charge in [-0.2, -0.15) is 0 Å². The Morgan fingerprint density at radius 3 is 2.62 bits per heavy atom. The van der Waals surface area contributed by atoms with Gasteiger partial charge in [-0.25, -0.2) is 4.79 Å². The number of hydrogen-bond donors (Lipinski definition) is 2. The minimum absolute atomic E-state index is 0.0714. The van der Waals surface area contributed by atoms with E-state index in [9.17, 15) is 14.9 Å². The first-order valence-corrected chi connectivity index (χ1v) is 7.31. The third-order valence-electron chi connectivity index (χ3n) is 3.68. The fourth-order valence-electron chi connectivity index (χ4n) is 2.45. The molecule has 1 unspecified atom stereocenters. The molecule has 24 heavy (non-hydrogen) atoms. The van der Waals surface area contributed by atoms with E-state index >= 15 is 0 Å². The van der Waals surface area contributed by atoms with E-state index in [0.717, 1.165) is 16.5 Å². The van der Waals surface area contributed by atoms with Crippen LogP contribution in [0.15, 0.2) is 54.7 Å². The van der Waals surface area contributed by atoms with E-state index in [0.29, 0.717) is 6.42 Å². The Balaban J connectivity index is 1.67. The summed E-state index contributed by atoms with van der Waals surface area (Å²) >= 11 is 0. The molecule has 7 heteroatoms. The lowest BCUT2D eigenvalue weighted by Gasteiger charge is -2.10. The maximum absolute atomic E-state index is 12.1. The number of H-pyrrole nitrogens is 1. The summed E-state index contributed by atoms with van der Waals surface area (Å²) < 4.78 is 5.17. The normalized spacial score (nSPS) is 12.0. The van der Waals surface area contributed by atoms with Gasteiger partial charge >= 0.3 is 5.97 Å². The molecule has 7 nitrogen and oxygen atoms in total. The summed E-state index contributed by atoms with van der Waals surface area (Å²) in [6.07, 6.45) is 2.15. The SMILES string of the molecule is NC(Cc1c[nH]c2ccccc12)C(=O)Oc1ccc([N+](=O)[O-])cc1. The number of aromatic amines is 1. The van der Waals surface area contributed by atoms with Crippen molar-refractivity contribution in [2.45, 2.75) is 12.5 Å². The molecule has 0 aliphatic rings. The standard InChI is InChI=1S/C17H15N3O4/c18-15(9-11-10-19-16-4-2-1-3-14(11)16)17(21)24-13-7-5-12(6-8-13)20(22)23/h1-8,10,15,19H,9,18H2. The van der Waals surface area contributed by atoms with Crippen LogP contribution >= 0.6 is 0 Å². The Bertz CT molecular complexity index is 886. The summed E-state index contributed by atoms with van der Waals surface area (Å²) in [5.41, 5.74) is 7.76.